The summed E-state index contributed by atoms with van der Waals surface area (Å²) in [6, 6.07) is 0. The first-order valence-electron chi connectivity index (χ1n) is 5.03. The van der Waals surface area contributed by atoms with Gasteiger partial charge in [-0.05, 0) is 19.3 Å². The molecule has 0 saturated heterocycles. The molecule has 1 aromatic rings. The zero-order chi connectivity index (χ0) is 9.10. The predicted molar refractivity (Wildman–Crippen MR) is 50.7 cm³/mol. The van der Waals surface area contributed by atoms with Crippen molar-refractivity contribution < 1.29 is 4.74 Å². The van der Waals surface area contributed by atoms with Gasteiger partial charge in [0.2, 0.25) is 0 Å². The van der Waals surface area contributed by atoms with E-state index >= 15 is 0 Å². The Balaban J connectivity index is 1.72. The Kier molecular flexibility index (Phi) is 2.52. The normalized spacial score (nSPS) is 16.1. The molecule has 0 radical (unpaired) electrons. The molecule has 1 saturated carbocycles. The van der Waals surface area contributed by atoms with Gasteiger partial charge in [0.05, 0.1) is 19.0 Å². The zero-order valence-corrected chi connectivity index (χ0v) is 8.07. The fourth-order valence-corrected chi connectivity index (χ4v) is 1.34. The van der Waals surface area contributed by atoms with Gasteiger partial charge in [-0.2, -0.15) is 5.10 Å². The molecule has 1 aliphatic rings. The third-order valence-corrected chi connectivity index (χ3v) is 2.43. The van der Waals surface area contributed by atoms with Gasteiger partial charge in [0.25, 0.3) is 0 Å². The molecule has 0 unspecified atom stereocenters. The molecule has 0 bridgehead atoms. The monoisotopic (exact) mass is 180 g/mol. The van der Waals surface area contributed by atoms with Crippen LogP contribution in [-0.2, 0) is 6.54 Å². The van der Waals surface area contributed by atoms with E-state index in [1.807, 2.05) is 10.9 Å². The van der Waals surface area contributed by atoms with Crippen molar-refractivity contribution in [2.24, 2.45) is 5.92 Å². The SMILES string of the molecule is CCn1cc(OCCC2CC2)cn1. The minimum Gasteiger partial charge on any atom is -0.490 e. The van der Waals surface area contributed by atoms with Gasteiger partial charge in [0, 0.05) is 6.54 Å². The number of hydrogen-bond acceptors (Lipinski definition) is 2. The number of hydrogen-bond donors (Lipinski definition) is 0. The van der Waals surface area contributed by atoms with E-state index in [2.05, 4.69) is 12.0 Å². The fraction of sp³-hybridized carbons (Fsp3) is 0.700. The number of aryl methyl sites for hydroxylation is 1. The number of rotatable bonds is 5. The third-order valence-electron chi connectivity index (χ3n) is 2.43. The molecule has 0 amide bonds. The van der Waals surface area contributed by atoms with Gasteiger partial charge < -0.3 is 4.74 Å². The summed E-state index contributed by atoms with van der Waals surface area (Å²) in [5, 5.41) is 4.14. The molecular weight excluding hydrogens is 164 g/mol. The summed E-state index contributed by atoms with van der Waals surface area (Å²) < 4.78 is 7.44. The van der Waals surface area contributed by atoms with Crippen molar-refractivity contribution >= 4 is 0 Å². The molecule has 0 aliphatic heterocycles. The first-order chi connectivity index (χ1) is 6.38. The number of aromatic nitrogens is 2. The molecule has 3 heteroatoms. The first-order valence-corrected chi connectivity index (χ1v) is 5.03. The van der Waals surface area contributed by atoms with Crippen LogP contribution in [0.3, 0.4) is 0 Å². The number of nitrogens with zero attached hydrogens (tertiary/aromatic N) is 2. The lowest BCUT2D eigenvalue weighted by Crippen LogP contribution is -1.97. The highest BCUT2D eigenvalue weighted by atomic mass is 16.5. The molecule has 2 rings (SSSR count). The summed E-state index contributed by atoms with van der Waals surface area (Å²) in [5.74, 6) is 1.85. The van der Waals surface area contributed by atoms with E-state index < -0.39 is 0 Å². The van der Waals surface area contributed by atoms with Gasteiger partial charge in [-0.15, -0.1) is 0 Å². The molecule has 13 heavy (non-hydrogen) atoms. The molecule has 72 valence electrons. The van der Waals surface area contributed by atoms with Gasteiger partial charge in [-0.25, -0.2) is 0 Å². The quantitative estimate of drug-likeness (QED) is 0.693. The van der Waals surface area contributed by atoms with Crippen LogP contribution in [-0.4, -0.2) is 16.4 Å². The van der Waals surface area contributed by atoms with Crippen LogP contribution in [0.15, 0.2) is 12.4 Å². The molecular formula is C10H16N2O. The van der Waals surface area contributed by atoms with E-state index in [9.17, 15) is 0 Å². The summed E-state index contributed by atoms with van der Waals surface area (Å²) in [5.41, 5.74) is 0. The average Bonchev–Trinajstić information content (AvgIpc) is 2.84. The Morgan fingerprint density at radius 3 is 3.08 bits per heavy atom. The second-order valence-electron chi connectivity index (χ2n) is 3.61. The molecule has 1 aromatic heterocycles. The van der Waals surface area contributed by atoms with Crippen LogP contribution >= 0.6 is 0 Å². The summed E-state index contributed by atoms with van der Waals surface area (Å²) in [6.45, 7) is 3.83. The van der Waals surface area contributed by atoms with Crippen LogP contribution in [0.2, 0.25) is 0 Å². The van der Waals surface area contributed by atoms with Crippen LogP contribution in [0.5, 0.6) is 5.75 Å². The largest absolute Gasteiger partial charge is 0.490 e. The van der Waals surface area contributed by atoms with Crippen molar-refractivity contribution in [2.75, 3.05) is 6.61 Å². The summed E-state index contributed by atoms with van der Waals surface area (Å²) in [6.07, 6.45) is 7.75. The van der Waals surface area contributed by atoms with Crippen LogP contribution in [0.4, 0.5) is 0 Å². The molecule has 1 aliphatic carbocycles. The van der Waals surface area contributed by atoms with Crippen molar-refractivity contribution in [3.63, 3.8) is 0 Å². The maximum Gasteiger partial charge on any atom is 0.157 e. The Morgan fingerprint density at radius 1 is 1.62 bits per heavy atom. The molecule has 1 heterocycles. The fourth-order valence-electron chi connectivity index (χ4n) is 1.34. The number of ether oxygens (including phenoxy) is 1. The zero-order valence-electron chi connectivity index (χ0n) is 8.07. The molecule has 1 fully saturated rings. The minimum absolute atomic E-state index is 0.847. The Labute approximate surface area is 78.7 Å². The van der Waals surface area contributed by atoms with Crippen molar-refractivity contribution in [3.05, 3.63) is 12.4 Å². The third kappa shape index (κ3) is 2.47. The van der Waals surface area contributed by atoms with Gasteiger partial charge in [-0.3, -0.25) is 4.68 Å². The summed E-state index contributed by atoms with van der Waals surface area (Å²) in [4.78, 5) is 0. The second-order valence-corrected chi connectivity index (χ2v) is 3.61. The van der Waals surface area contributed by atoms with Crippen LogP contribution in [0, 0.1) is 5.92 Å². The molecule has 0 atom stereocenters. The highest BCUT2D eigenvalue weighted by Crippen LogP contribution is 2.32. The Hall–Kier alpha value is -0.990. The van der Waals surface area contributed by atoms with Gasteiger partial charge in [-0.1, -0.05) is 12.8 Å². The topological polar surface area (TPSA) is 27.1 Å². The van der Waals surface area contributed by atoms with Crippen LogP contribution in [0.25, 0.3) is 0 Å². The highest BCUT2D eigenvalue weighted by Gasteiger charge is 2.20. The van der Waals surface area contributed by atoms with Crippen molar-refractivity contribution in [1.82, 2.24) is 9.78 Å². The maximum absolute atomic E-state index is 5.56. The van der Waals surface area contributed by atoms with Crippen LogP contribution < -0.4 is 4.74 Å². The van der Waals surface area contributed by atoms with Gasteiger partial charge in [0.15, 0.2) is 5.75 Å². The van der Waals surface area contributed by atoms with E-state index in [4.69, 9.17) is 4.74 Å². The van der Waals surface area contributed by atoms with E-state index in [1.54, 1.807) is 6.20 Å². The first kappa shape index (κ1) is 8.60. The molecule has 0 aromatic carbocycles. The summed E-state index contributed by atoms with van der Waals surface area (Å²) >= 11 is 0. The van der Waals surface area contributed by atoms with Gasteiger partial charge >= 0.3 is 0 Å². The summed E-state index contributed by atoms with van der Waals surface area (Å²) in [7, 11) is 0. The van der Waals surface area contributed by atoms with Gasteiger partial charge in [0.1, 0.15) is 0 Å². The van der Waals surface area contributed by atoms with Crippen LogP contribution in [0.1, 0.15) is 26.2 Å². The lowest BCUT2D eigenvalue weighted by Gasteiger charge is -2.00. The minimum atomic E-state index is 0.847. The highest BCUT2D eigenvalue weighted by molar-refractivity contribution is 5.11. The molecule has 0 spiro atoms. The lowest BCUT2D eigenvalue weighted by molar-refractivity contribution is 0.302. The van der Waals surface area contributed by atoms with Crippen molar-refractivity contribution in [2.45, 2.75) is 32.7 Å². The second kappa shape index (κ2) is 3.81. The average molecular weight is 180 g/mol. The van der Waals surface area contributed by atoms with E-state index in [1.165, 1.54) is 19.3 Å². The van der Waals surface area contributed by atoms with Crippen molar-refractivity contribution in [1.29, 1.82) is 0 Å². The van der Waals surface area contributed by atoms with E-state index in [0.29, 0.717) is 0 Å². The lowest BCUT2D eigenvalue weighted by atomic mass is 10.3. The standard InChI is InChI=1S/C10H16N2O/c1-2-12-8-10(7-11-12)13-6-5-9-3-4-9/h7-9H,2-6H2,1H3. The van der Waals surface area contributed by atoms with E-state index in [-0.39, 0.29) is 0 Å². The van der Waals surface area contributed by atoms with E-state index in [0.717, 1.165) is 24.8 Å². The Bertz CT molecular complexity index is 266. The molecule has 3 nitrogen and oxygen atoms in total. The van der Waals surface area contributed by atoms with Crippen molar-refractivity contribution in [3.8, 4) is 5.75 Å². The molecule has 0 N–H and O–H groups in total. The Morgan fingerprint density at radius 2 is 2.46 bits per heavy atom. The maximum atomic E-state index is 5.56. The smallest absolute Gasteiger partial charge is 0.157 e. The predicted octanol–water partition coefficient (Wildman–Crippen LogP) is 2.08.